The van der Waals surface area contributed by atoms with Gasteiger partial charge in [0.2, 0.25) is 0 Å². The van der Waals surface area contributed by atoms with Crippen molar-refractivity contribution in [1.82, 2.24) is 0 Å². The smallest absolute Gasteiger partial charge is 0.146 e. The van der Waals surface area contributed by atoms with Crippen LogP contribution in [-0.2, 0) is 0 Å². The number of phenols is 1. The van der Waals surface area contributed by atoms with Gasteiger partial charge in [0.15, 0.2) is 0 Å². The number of benzene rings is 1. The fourth-order valence-corrected chi connectivity index (χ4v) is 1.61. The number of nitriles is 1. The van der Waals surface area contributed by atoms with E-state index in [0.29, 0.717) is 18.8 Å². The Morgan fingerprint density at radius 2 is 2.25 bits per heavy atom. The molecule has 0 heterocycles. The lowest BCUT2D eigenvalue weighted by atomic mass is 10.1. The first-order chi connectivity index (χ1) is 7.67. The fourth-order valence-electron chi connectivity index (χ4n) is 1.61. The van der Waals surface area contributed by atoms with Crippen molar-refractivity contribution in [3.05, 3.63) is 18.2 Å². The number of nitrogens with zero attached hydrogens (tertiary/aromatic N) is 1. The first-order valence-corrected chi connectivity index (χ1v) is 5.24. The molecule has 0 atom stereocenters. The van der Waals surface area contributed by atoms with Gasteiger partial charge in [-0.05, 0) is 25.0 Å². The highest BCUT2D eigenvalue weighted by molar-refractivity contribution is 5.61. The summed E-state index contributed by atoms with van der Waals surface area (Å²) in [4.78, 5) is 0. The normalized spacial score (nSPS) is 16.4. The van der Waals surface area contributed by atoms with Crippen LogP contribution in [-0.4, -0.2) is 11.7 Å². The molecular weight excluding hydrogens is 204 g/mol. The highest BCUT2D eigenvalue weighted by Gasteiger charge is 2.43. The van der Waals surface area contributed by atoms with Gasteiger partial charge in [-0.1, -0.05) is 6.07 Å². The minimum Gasteiger partial charge on any atom is -0.506 e. The van der Waals surface area contributed by atoms with Crippen molar-refractivity contribution < 1.29 is 9.84 Å². The van der Waals surface area contributed by atoms with Crippen LogP contribution in [0.1, 0.15) is 19.3 Å². The first-order valence-electron chi connectivity index (χ1n) is 5.24. The monoisotopic (exact) mass is 218 g/mol. The fraction of sp³-hybridized carbons (Fsp3) is 0.417. The van der Waals surface area contributed by atoms with Crippen LogP contribution >= 0.6 is 0 Å². The molecule has 1 saturated carbocycles. The van der Waals surface area contributed by atoms with E-state index in [2.05, 4.69) is 6.07 Å². The van der Waals surface area contributed by atoms with Crippen LogP contribution in [0.15, 0.2) is 18.2 Å². The molecule has 0 saturated heterocycles. The Labute approximate surface area is 94.3 Å². The molecule has 0 aromatic heterocycles. The lowest BCUT2D eigenvalue weighted by Gasteiger charge is -2.14. The number of nitrogen functional groups attached to an aromatic ring is 1. The minimum atomic E-state index is 0.0205. The molecular formula is C12H14N2O2. The summed E-state index contributed by atoms with van der Waals surface area (Å²) in [7, 11) is 0. The topological polar surface area (TPSA) is 79.3 Å². The van der Waals surface area contributed by atoms with E-state index in [0.717, 1.165) is 12.8 Å². The second-order valence-corrected chi connectivity index (χ2v) is 4.31. The summed E-state index contributed by atoms with van der Waals surface area (Å²) in [6.07, 6.45) is 2.57. The number of rotatable bonds is 4. The predicted octanol–water partition coefficient (Wildman–Crippen LogP) is 2.05. The summed E-state index contributed by atoms with van der Waals surface area (Å²) in [5, 5.41) is 18.1. The molecule has 16 heavy (non-hydrogen) atoms. The number of phenolic OH excluding ortho intramolecular Hbond substituents is 1. The van der Waals surface area contributed by atoms with Gasteiger partial charge in [-0.3, -0.25) is 0 Å². The lowest BCUT2D eigenvalue weighted by Crippen LogP contribution is -2.13. The maximum Gasteiger partial charge on any atom is 0.146 e. The van der Waals surface area contributed by atoms with Crippen molar-refractivity contribution in [2.24, 2.45) is 5.41 Å². The second kappa shape index (κ2) is 3.93. The standard InChI is InChI=1S/C12H14N2O2/c13-7-6-12(4-5-12)8-16-10-3-1-2-9(15)11(10)14/h1-3,15H,4-6,8,14H2. The zero-order valence-electron chi connectivity index (χ0n) is 8.94. The van der Waals surface area contributed by atoms with Gasteiger partial charge in [0.25, 0.3) is 0 Å². The third kappa shape index (κ3) is 2.03. The van der Waals surface area contributed by atoms with E-state index in [1.807, 2.05) is 0 Å². The van der Waals surface area contributed by atoms with E-state index in [4.69, 9.17) is 15.7 Å². The predicted molar refractivity (Wildman–Crippen MR) is 59.9 cm³/mol. The average molecular weight is 218 g/mol. The largest absolute Gasteiger partial charge is 0.506 e. The molecule has 0 spiro atoms. The van der Waals surface area contributed by atoms with Gasteiger partial charge in [-0.15, -0.1) is 0 Å². The van der Waals surface area contributed by atoms with Crippen molar-refractivity contribution in [1.29, 1.82) is 5.26 Å². The number of aromatic hydroxyl groups is 1. The Morgan fingerprint density at radius 1 is 1.50 bits per heavy atom. The third-order valence-corrected chi connectivity index (χ3v) is 2.99. The lowest BCUT2D eigenvalue weighted by molar-refractivity contribution is 0.237. The minimum absolute atomic E-state index is 0.0205. The Balaban J connectivity index is 2.00. The Kier molecular flexibility index (Phi) is 2.61. The van der Waals surface area contributed by atoms with Crippen LogP contribution in [0.5, 0.6) is 11.5 Å². The SMILES string of the molecule is N#CCC1(COc2cccc(O)c2N)CC1. The van der Waals surface area contributed by atoms with Crippen LogP contribution < -0.4 is 10.5 Å². The first kappa shape index (κ1) is 10.6. The molecule has 1 aliphatic rings. The summed E-state index contributed by atoms with van der Waals surface area (Å²) in [6, 6.07) is 7.10. The van der Waals surface area contributed by atoms with Crippen molar-refractivity contribution in [2.75, 3.05) is 12.3 Å². The highest BCUT2D eigenvalue weighted by Crippen LogP contribution is 2.49. The van der Waals surface area contributed by atoms with Gasteiger partial charge in [-0.25, -0.2) is 0 Å². The van der Waals surface area contributed by atoms with Crippen LogP contribution in [0.3, 0.4) is 0 Å². The van der Waals surface area contributed by atoms with Gasteiger partial charge in [-0.2, -0.15) is 5.26 Å². The summed E-state index contributed by atoms with van der Waals surface area (Å²) < 4.78 is 5.56. The van der Waals surface area contributed by atoms with E-state index in [9.17, 15) is 5.11 Å². The average Bonchev–Trinajstić information content (AvgIpc) is 3.02. The molecule has 4 nitrogen and oxygen atoms in total. The molecule has 1 aromatic rings. The summed E-state index contributed by atoms with van der Waals surface area (Å²) in [5.74, 6) is 0.520. The number of hydrogen-bond donors (Lipinski definition) is 2. The van der Waals surface area contributed by atoms with Gasteiger partial charge in [0.05, 0.1) is 12.7 Å². The van der Waals surface area contributed by atoms with Crippen molar-refractivity contribution in [3.63, 3.8) is 0 Å². The Bertz CT molecular complexity index is 433. The molecule has 0 radical (unpaired) electrons. The molecule has 2 rings (SSSR count). The summed E-state index contributed by atoms with van der Waals surface area (Å²) in [5.41, 5.74) is 5.95. The molecule has 3 N–H and O–H groups in total. The Morgan fingerprint density at radius 3 is 2.88 bits per heavy atom. The summed E-state index contributed by atoms with van der Waals surface area (Å²) in [6.45, 7) is 0.494. The molecule has 4 heteroatoms. The van der Waals surface area contributed by atoms with Crippen molar-refractivity contribution in [3.8, 4) is 17.6 Å². The number of para-hydroxylation sites is 1. The second-order valence-electron chi connectivity index (χ2n) is 4.31. The maximum atomic E-state index is 9.39. The quantitative estimate of drug-likeness (QED) is 0.598. The molecule has 0 amide bonds. The van der Waals surface area contributed by atoms with E-state index >= 15 is 0 Å². The van der Waals surface area contributed by atoms with E-state index in [1.54, 1.807) is 12.1 Å². The molecule has 1 aliphatic carbocycles. The highest BCUT2D eigenvalue weighted by atomic mass is 16.5. The third-order valence-electron chi connectivity index (χ3n) is 2.99. The molecule has 1 aromatic carbocycles. The molecule has 1 fully saturated rings. The number of anilines is 1. The summed E-state index contributed by atoms with van der Waals surface area (Å²) >= 11 is 0. The van der Waals surface area contributed by atoms with Crippen LogP contribution in [0.2, 0.25) is 0 Å². The molecule has 0 aliphatic heterocycles. The van der Waals surface area contributed by atoms with Gasteiger partial charge in [0.1, 0.15) is 17.2 Å². The van der Waals surface area contributed by atoms with Gasteiger partial charge in [0, 0.05) is 11.8 Å². The molecule has 0 bridgehead atoms. The van der Waals surface area contributed by atoms with Crippen LogP contribution in [0.4, 0.5) is 5.69 Å². The molecule has 84 valence electrons. The van der Waals surface area contributed by atoms with E-state index in [1.165, 1.54) is 6.07 Å². The van der Waals surface area contributed by atoms with Gasteiger partial charge >= 0.3 is 0 Å². The Hall–Kier alpha value is -1.89. The van der Waals surface area contributed by atoms with E-state index in [-0.39, 0.29) is 16.9 Å². The van der Waals surface area contributed by atoms with Crippen molar-refractivity contribution in [2.45, 2.75) is 19.3 Å². The zero-order valence-corrected chi connectivity index (χ0v) is 8.94. The van der Waals surface area contributed by atoms with Crippen LogP contribution in [0.25, 0.3) is 0 Å². The number of nitrogens with two attached hydrogens (primary N) is 1. The van der Waals surface area contributed by atoms with Crippen molar-refractivity contribution >= 4 is 5.69 Å². The zero-order chi connectivity index (χ0) is 11.6. The maximum absolute atomic E-state index is 9.39. The molecule has 0 unspecified atom stereocenters. The number of ether oxygens (including phenoxy) is 1. The van der Waals surface area contributed by atoms with Gasteiger partial charge < -0.3 is 15.6 Å². The van der Waals surface area contributed by atoms with E-state index < -0.39 is 0 Å². The number of hydrogen-bond acceptors (Lipinski definition) is 4. The van der Waals surface area contributed by atoms with Crippen LogP contribution in [0, 0.1) is 16.7 Å².